The van der Waals surface area contributed by atoms with Gasteiger partial charge in [0.05, 0.1) is 6.61 Å². The van der Waals surface area contributed by atoms with E-state index < -0.39 is 0 Å². The summed E-state index contributed by atoms with van der Waals surface area (Å²) in [5.41, 5.74) is 7.18. The molecular weight excluding hydrogens is 210 g/mol. The summed E-state index contributed by atoms with van der Waals surface area (Å²) in [7, 11) is 0. The van der Waals surface area contributed by atoms with Gasteiger partial charge in [-0.05, 0) is 49.9 Å². The van der Waals surface area contributed by atoms with Crippen LogP contribution in [0, 0.1) is 17.3 Å². The molecule has 2 heteroatoms. The second-order valence-electron chi connectivity index (χ2n) is 7.29. The zero-order chi connectivity index (χ0) is 12.5. The van der Waals surface area contributed by atoms with E-state index in [0.717, 1.165) is 19.1 Å². The van der Waals surface area contributed by atoms with Gasteiger partial charge >= 0.3 is 0 Å². The maximum absolute atomic E-state index is 6.66. The van der Waals surface area contributed by atoms with Crippen LogP contribution in [0.2, 0.25) is 0 Å². The van der Waals surface area contributed by atoms with E-state index in [-0.39, 0.29) is 5.54 Å². The van der Waals surface area contributed by atoms with Gasteiger partial charge in [-0.15, -0.1) is 0 Å². The van der Waals surface area contributed by atoms with Gasteiger partial charge in [-0.1, -0.05) is 20.8 Å². The van der Waals surface area contributed by atoms with E-state index >= 15 is 0 Å². The summed E-state index contributed by atoms with van der Waals surface area (Å²) in [4.78, 5) is 0. The van der Waals surface area contributed by atoms with Gasteiger partial charge in [0, 0.05) is 18.1 Å². The predicted octanol–water partition coefficient (Wildman–Crippen LogP) is 3.35. The highest BCUT2D eigenvalue weighted by Crippen LogP contribution is 2.44. The first-order valence-electron chi connectivity index (χ1n) is 7.28. The van der Waals surface area contributed by atoms with Gasteiger partial charge in [-0.25, -0.2) is 0 Å². The Morgan fingerprint density at radius 2 is 1.76 bits per heavy atom. The molecule has 17 heavy (non-hydrogen) atoms. The van der Waals surface area contributed by atoms with Crippen LogP contribution >= 0.6 is 0 Å². The lowest BCUT2D eigenvalue weighted by atomic mass is 9.63. The summed E-state index contributed by atoms with van der Waals surface area (Å²) in [5, 5.41) is 0. The van der Waals surface area contributed by atoms with Crippen LogP contribution in [0.1, 0.15) is 59.3 Å². The average molecular weight is 239 g/mol. The topological polar surface area (TPSA) is 35.2 Å². The molecule has 0 bridgehead atoms. The lowest BCUT2D eigenvalue weighted by Crippen LogP contribution is -2.53. The van der Waals surface area contributed by atoms with Gasteiger partial charge in [0.2, 0.25) is 0 Å². The number of rotatable bonds is 1. The standard InChI is InChI=1S/C15H29NO/c1-14(2,3)12-6-8-15(16,9-7-12)13-5-4-10-17-11-13/h12-13H,4-11,16H2,1-3H3. The van der Waals surface area contributed by atoms with Crippen LogP contribution in [-0.4, -0.2) is 18.8 Å². The van der Waals surface area contributed by atoms with Crippen molar-refractivity contribution >= 4 is 0 Å². The first-order valence-corrected chi connectivity index (χ1v) is 7.28. The van der Waals surface area contributed by atoms with Crippen LogP contribution in [0.25, 0.3) is 0 Å². The highest BCUT2D eigenvalue weighted by Gasteiger charge is 2.41. The third-order valence-corrected chi connectivity index (χ3v) is 5.11. The molecular formula is C15H29NO. The molecule has 0 aromatic heterocycles. The molecule has 0 amide bonds. The summed E-state index contributed by atoms with van der Waals surface area (Å²) in [6, 6.07) is 0. The van der Waals surface area contributed by atoms with E-state index in [1.165, 1.54) is 38.5 Å². The largest absolute Gasteiger partial charge is 0.381 e. The van der Waals surface area contributed by atoms with Crippen LogP contribution in [0.15, 0.2) is 0 Å². The SMILES string of the molecule is CC(C)(C)C1CCC(N)(C2CCCOC2)CC1. The predicted molar refractivity (Wildman–Crippen MR) is 71.9 cm³/mol. The number of hydrogen-bond acceptors (Lipinski definition) is 2. The molecule has 2 aliphatic rings. The Labute approximate surface area is 106 Å². The molecule has 0 aromatic carbocycles. The zero-order valence-electron chi connectivity index (χ0n) is 11.8. The van der Waals surface area contributed by atoms with E-state index in [4.69, 9.17) is 10.5 Å². The van der Waals surface area contributed by atoms with E-state index in [2.05, 4.69) is 20.8 Å². The molecule has 0 aromatic rings. The van der Waals surface area contributed by atoms with Crippen molar-refractivity contribution in [2.45, 2.75) is 64.8 Å². The van der Waals surface area contributed by atoms with Crippen LogP contribution in [0.5, 0.6) is 0 Å². The second-order valence-corrected chi connectivity index (χ2v) is 7.29. The van der Waals surface area contributed by atoms with Gasteiger partial charge in [0.1, 0.15) is 0 Å². The van der Waals surface area contributed by atoms with Crippen LogP contribution in [0.4, 0.5) is 0 Å². The molecule has 1 unspecified atom stereocenters. The van der Waals surface area contributed by atoms with Crippen LogP contribution < -0.4 is 5.73 Å². The Hall–Kier alpha value is -0.0800. The highest BCUT2D eigenvalue weighted by molar-refractivity contribution is 4.97. The smallest absolute Gasteiger partial charge is 0.0511 e. The molecule has 1 aliphatic carbocycles. The van der Waals surface area contributed by atoms with Crippen molar-refractivity contribution in [2.24, 2.45) is 23.0 Å². The maximum atomic E-state index is 6.66. The number of hydrogen-bond donors (Lipinski definition) is 1. The number of ether oxygens (including phenoxy) is 1. The lowest BCUT2D eigenvalue weighted by Gasteiger charge is -2.46. The maximum Gasteiger partial charge on any atom is 0.0511 e. The van der Waals surface area contributed by atoms with Crippen molar-refractivity contribution in [1.29, 1.82) is 0 Å². The molecule has 2 N–H and O–H groups in total. The highest BCUT2D eigenvalue weighted by atomic mass is 16.5. The third-order valence-electron chi connectivity index (χ3n) is 5.11. The average Bonchev–Trinajstić information content (AvgIpc) is 2.29. The molecule has 2 rings (SSSR count). The Kier molecular flexibility index (Phi) is 3.84. The van der Waals surface area contributed by atoms with Crippen LogP contribution in [0.3, 0.4) is 0 Å². The van der Waals surface area contributed by atoms with Gasteiger partial charge in [-0.3, -0.25) is 0 Å². The minimum atomic E-state index is 0.0716. The van der Waals surface area contributed by atoms with E-state index in [1.54, 1.807) is 0 Å². The zero-order valence-corrected chi connectivity index (χ0v) is 11.8. The summed E-state index contributed by atoms with van der Waals surface area (Å²) >= 11 is 0. The van der Waals surface area contributed by atoms with Crippen molar-refractivity contribution < 1.29 is 4.74 Å². The van der Waals surface area contributed by atoms with Gasteiger partial charge < -0.3 is 10.5 Å². The Morgan fingerprint density at radius 1 is 1.12 bits per heavy atom. The summed E-state index contributed by atoms with van der Waals surface area (Å²) < 4.78 is 5.61. The van der Waals surface area contributed by atoms with Crippen molar-refractivity contribution in [3.05, 3.63) is 0 Å². The Bertz CT molecular complexity index is 242. The first kappa shape index (κ1) is 13.4. The molecule has 0 radical (unpaired) electrons. The molecule has 2 fully saturated rings. The first-order chi connectivity index (χ1) is 7.92. The molecule has 1 saturated carbocycles. The molecule has 1 atom stereocenters. The Morgan fingerprint density at radius 3 is 2.24 bits per heavy atom. The lowest BCUT2D eigenvalue weighted by molar-refractivity contribution is -0.000907. The van der Waals surface area contributed by atoms with Gasteiger partial charge in [-0.2, -0.15) is 0 Å². The van der Waals surface area contributed by atoms with Crippen molar-refractivity contribution in [2.75, 3.05) is 13.2 Å². The molecule has 100 valence electrons. The fraction of sp³-hybridized carbons (Fsp3) is 1.00. The monoisotopic (exact) mass is 239 g/mol. The molecule has 1 heterocycles. The van der Waals surface area contributed by atoms with Crippen molar-refractivity contribution in [3.8, 4) is 0 Å². The molecule has 1 aliphatic heterocycles. The number of nitrogens with two attached hydrogens (primary N) is 1. The fourth-order valence-corrected chi connectivity index (χ4v) is 3.62. The minimum absolute atomic E-state index is 0.0716. The van der Waals surface area contributed by atoms with E-state index in [9.17, 15) is 0 Å². The minimum Gasteiger partial charge on any atom is -0.381 e. The summed E-state index contributed by atoms with van der Waals surface area (Å²) in [5.74, 6) is 1.46. The second kappa shape index (κ2) is 4.89. The molecule has 0 spiro atoms. The summed E-state index contributed by atoms with van der Waals surface area (Å²) in [6.07, 6.45) is 7.47. The fourth-order valence-electron chi connectivity index (χ4n) is 3.62. The quantitative estimate of drug-likeness (QED) is 0.761. The van der Waals surface area contributed by atoms with E-state index in [0.29, 0.717) is 11.3 Å². The van der Waals surface area contributed by atoms with Gasteiger partial charge in [0.25, 0.3) is 0 Å². The van der Waals surface area contributed by atoms with Gasteiger partial charge in [0.15, 0.2) is 0 Å². The van der Waals surface area contributed by atoms with E-state index in [1.807, 2.05) is 0 Å². The summed E-state index contributed by atoms with van der Waals surface area (Å²) in [6.45, 7) is 8.94. The molecule has 2 nitrogen and oxygen atoms in total. The van der Waals surface area contributed by atoms with Crippen molar-refractivity contribution in [1.82, 2.24) is 0 Å². The Balaban J connectivity index is 1.92. The third kappa shape index (κ3) is 3.03. The normalized spacial score (nSPS) is 40.2. The van der Waals surface area contributed by atoms with Crippen molar-refractivity contribution in [3.63, 3.8) is 0 Å². The molecule has 1 saturated heterocycles. The van der Waals surface area contributed by atoms with Crippen LogP contribution in [-0.2, 0) is 4.74 Å².